The first-order chi connectivity index (χ1) is 14.6. The molecule has 4 aliphatic carbocycles. The molecule has 1 aromatic rings. The molecule has 6 nitrogen and oxygen atoms in total. The summed E-state index contributed by atoms with van der Waals surface area (Å²) in [4.78, 5) is 26.9. The van der Waals surface area contributed by atoms with E-state index in [0.29, 0.717) is 36.6 Å². The lowest BCUT2D eigenvalue weighted by Gasteiger charge is -2.54. The molecule has 0 aromatic heterocycles. The van der Waals surface area contributed by atoms with Gasteiger partial charge in [0, 0.05) is 25.7 Å². The van der Waals surface area contributed by atoms with Gasteiger partial charge in [0.15, 0.2) is 0 Å². The Morgan fingerprint density at radius 1 is 1.07 bits per heavy atom. The lowest BCUT2D eigenvalue weighted by Crippen LogP contribution is -2.59. The zero-order chi connectivity index (χ0) is 20.7. The molecule has 1 heterocycles. The fourth-order valence-corrected chi connectivity index (χ4v) is 6.55. The van der Waals surface area contributed by atoms with Gasteiger partial charge in [0.25, 0.3) is 5.91 Å². The summed E-state index contributed by atoms with van der Waals surface area (Å²) in [5.74, 6) is 2.92. The number of hydrogen-bond donors (Lipinski definition) is 1. The van der Waals surface area contributed by atoms with Crippen LogP contribution < -0.4 is 5.32 Å². The van der Waals surface area contributed by atoms with E-state index in [2.05, 4.69) is 10.2 Å². The average Bonchev–Trinajstić information content (AvgIpc) is 2.76. The first-order valence-corrected chi connectivity index (χ1v) is 11.4. The molecule has 1 unspecified atom stereocenters. The quantitative estimate of drug-likeness (QED) is 0.753. The van der Waals surface area contributed by atoms with Crippen molar-refractivity contribution in [1.29, 1.82) is 0 Å². The van der Waals surface area contributed by atoms with Gasteiger partial charge in [-0.3, -0.25) is 9.69 Å². The number of amides is 1. The fraction of sp³-hybridized carbons (Fsp3) is 0.667. The summed E-state index contributed by atoms with van der Waals surface area (Å²) in [7, 11) is 1.39. The highest BCUT2D eigenvalue weighted by Gasteiger charge is 2.49. The van der Waals surface area contributed by atoms with Crippen LogP contribution in [0.4, 0.5) is 0 Å². The Morgan fingerprint density at radius 3 is 2.37 bits per heavy atom. The Labute approximate surface area is 178 Å². The molecule has 162 valence electrons. The van der Waals surface area contributed by atoms with Crippen molar-refractivity contribution >= 4 is 11.9 Å². The van der Waals surface area contributed by atoms with Crippen molar-refractivity contribution < 1.29 is 19.1 Å². The van der Waals surface area contributed by atoms with E-state index < -0.39 is 6.10 Å². The van der Waals surface area contributed by atoms with E-state index in [9.17, 15) is 9.59 Å². The van der Waals surface area contributed by atoms with Crippen molar-refractivity contribution in [1.82, 2.24) is 10.2 Å². The number of hydrogen-bond acceptors (Lipinski definition) is 5. The Bertz CT molecular complexity index is 765. The number of rotatable bonds is 5. The number of nitrogens with zero attached hydrogens (tertiary/aromatic N) is 1. The third kappa shape index (κ3) is 4.00. The number of benzene rings is 1. The van der Waals surface area contributed by atoms with Crippen LogP contribution >= 0.6 is 0 Å². The monoisotopic (exact) mass is 412 g/mol. The van der Waals surface area contributed by atoms with E-state index in [1.165, 1.54) is 39.2 Å². The smallest absolute Gasteiger partial charge is 0.337 e. The minimum Gasteiger partial charge on any atom is -0.465 e. The number of ether oxygens (including phenoxy) is 2. The van der Waals surface area contributed by atoms with Crippen LogP contribution in [0.5, 0.6) is 0 Å². The van der Waals surface area contributed by atoms with Crippen molar-refractivity contribution in [2.24, 2.45) is 23.7 Å². The molecule has 4 saturated carbocycles. The van der Waals surface area contributed by atoms with Crippen LogP contribution in [-0.2, 0) is 20.8 Å². The summed E-state index contributed by atoms with van der Waals surface area (Å²) in [5.41, 5.74) is 1.67. The van der Waals surface area contributed by atoms with Gasteiger partial charge in [-0.25, -0.2) is 4.79 Å². The molecule has 1 amide bonds. The van der Waals surface area contributed by atoms with Gasteiger partial charge in [-0.2, -0.15) is 0 Å². The lowest BCUT2D eigenvalue weighted by molar-refractivity contribution is -0.142. The Hall–Kier alpha value is -1.92. The van der Waals surface area contributed by atoms with Crippen LogP contribution in [0, 0.1) is 23.7 Å². The van der Waals surface area contributed by atoms with E-state index in [4.69, 9.17) is 9.47 Å². The molecule has 5 fully saturated rings. The SMILES string of the molecule is COC(=O)c1ccc(CN2CCOC(C(=O)NC3C4CC5CC(C4)CC3C5)C2)cc1. The summed E-state index contributed by atoms with van der Waals surface area (Å²) in [6.07, 6.45) is 6.24. The van der Waals surface area contributed by atoms with E-state index in [1.807, 2.05) is 12.1 Å². The van der Waals surface area contributed by atoms with Crippen molar-refractivity contribution in [3.05, 3.63) is 35.4 Å². The first-order valence-electron chi connectivity index (χ1n) is 11.4. The molecule has 6 heteroatoms. The summed E-state index contributed by atoms with van der Waals surface area (Å²) < 4.78 is 10.6. The molecule has 1 N–H and O–H groups in total. The van der Waals surface area contributed by atoms with E-state index in [-0.39, 0.29) is 11.9 Å². The van der Waals surface area contributed by atoms with Crippen molar-refractivity contribution in [3.8, 4) is 0 Å². The van der Waals surface area contributed by atoms with Crippen molar-refractivity contribution in [3.63, 3.8) is 0 Å². The number of morpholine rings is 1. The van der Waals surface area contributed by atoms with Crippen molar-refractivity contribution in [2.45, 2.75) is 50.8 Å². The third-order valence-corrected chi connectivity index (χ3v) is 7.76. The van der Waals surface area contributed by atoms with Crippen LogP contribution in [0.2, 0.25) is 0 Å². The van der Waals surface area contributed by atoms with Gasteiger partial charge in [0.2, 0.25) is 0 Å². The van der Waals surface area contributed by atoms with Gasteiger partial charge in [-0.05, 0) is 73.5 Å². The van der Waals surface area contributed by atoms with Gasteiger partial charge < -0.3 is 14.8 Å². The highest BCUT2D eigenvalue weighted by Crippen LogP contribution is 2.53. The van der Waals surface area contributed by atoms with Gasteiger partial charge >= 0.3 is 5.97 Å². The van der Waals surface area contributed by atoms with Crippen LogP contribution in [0.15, 0.2) is 24.3 Å². The molecule has 1 aromatic carbocycles. The maximum absolute atomic E-state index is 13.0. The largest absolute Gasteiger partial charge is 0.465 e. The van der Waals surface area contributed by atoms with Gasteiger partial charge in [0.05, 0.1) is 19.3 Å². The molecule has 5 aliphatic rings. The Balaban J connectivity index is 1.16. The summed E-state index contributed by atoms with van der Waals surface area (Å²) >= 11 is 0. The van der Waals surface area contributed by atoms with E-state index in [1.54, 1.807) is 12.1 Å². The standard InChI is InChI=1S/C24H32N2O4/c1-29-24(28)18-4-2-15(3-5-18)13-26-6-7-30-21(14-26)23(27)25-22-19-9-16-8-17(11-19)12-20(22)10-16/h2-5,16-17,19-22H,6-14H2,1H3,(H,25,27). The zero-order valence-electron chi connectivity index (χ0n) is 17.7. The molecule has 0 spiro atoms. The van der Waals surface area contributed by atoms with Crippen LogP contribution in [-0.4, -0.2) is 55.7 Å². The minimum atomic E-state index is -0.398. The highest BCUT2D eigenvalue weighted by molar-refractivity contribution is 5.89. The van der Waals surface area contributed by atoms with Crippen LogP contribution in [0.1, 0.15) is 48.0 Å². The topological polar surface area (TPSA) is 67.9 Å². The number of carbonyl (C=O) groups excluding carboxylic acids is 2. The molecule has 0 radical (unpaired) electrons. The van der Waals surface area contributed by atoms with Crippen LogP contribution in [0.3, 0.4) is 0 Å². The lowest BCUT2D eigenvalue weighted by atomic mass is 9.54. The van der Waals surface area contributed by atoms with Gasteiger partial charge in [-0.1, -0.05) is 12.1 Å². The summed E-state index contributed by atoms with van der Waals surface area (Å²) in [5, 5.41) is 3.40. The number of methoxy groups -OCH3 is 1. The number of carbonyl (C=O) groups is 2. The molecule has 4 bridgehead atoms. The maximum Gasteiger partial charge on any atom is 0.337 e. The molecular weight excluding hydrogens is 380 g/mol. The molecule has 30 heavy (non-hydrogen) atoms. The second kappa shape index (κ2) is 8.31. The third-order valence-electron chi connectivity index (χ3n) is 7.76. The zero-order valence-corrected chi connectivity index (χ0v) is 17.7. The molecule has 1 saturated heterocycles. The molecular formula is C24H32N2O4. The van der Waals surface area contributed by atoms with Crippen molar-refractivity contribution in [2.75, 3.05) is 26.8 Å². The van der Waals surface area contributed by atoms with Gasteiger partial charge in [-0.15, -0.1) is 0 Å². The Morgan fingerprint density at radius 2 is 1.73 bits per heavy atom. The number of esters is 1. The number of nitrogens with one attached hydrogen (secondary N) is 1. The van der Waals surface area contributed by atoms with Crippen LogP contribution in [0.25, 0.3) is 0 Å². The second-order valence-electron chi connectivity index (χ2n) is 9.75. The molecule has 6 rings (SSSR count). The normalized spacial score (nSPS) is 35.2. The minimum absolute atomic E-state index is 0.0678. The Kier molecular flexibility index (Phi) is 5.54. The fourth-order valence-electron chi connectivity index (χ4n) is 6.55. The first kappa shape index (κ1) is 20.0. The summed E-state index contributed by atoms with van der Waals surface area (Å²) in [6, 6.07) is 7.84. The molecule has 1 atom stereocenters. The molecule has 1 aliphatic heterocycles. The predicted octanol–water partition coefficient (Wildman–Crippen LogP) is 2.61. The van der Waals surface area contributed by atoms with Gasteiger partial charge in [0.1, 0.15) is 6.10 Å². The summed E-state index contributed by atoms with van der Waals surface area (Å²) in [6.45, 7) is 2.73. The highest BCUT2D eigenvalue weighted by atomic mass is 16.5. The second-order valence-corrected chi connectivity index (χ2v) is 9.75. The van der Waals surface area contributed by atoms with E-state index in [0.717, 1.165) is 30.5 Å². The maximum atomic E-state index is 13.0. The predicted molar refractivity (Wildman–Crippen MR) is 112 cm³/mol. The van der Waals surface area contributed by atoms with E-state index >= 15 is 0 Å². The average molecular weight is 413 g/mol.